The van der Waals surface area contributed by atoms with Gasteiger partial charge in [0.1, 0.15) is 0 Å². The normalized spacial score (nSPS) is 9.82. The Morgan fingerprint density at radius 3 is 2.76 bits per heavy atom. The number of methoxy groups -OCH3 is 1. The molecule has 0 bridgehead atoms. The molecule has 3 N–H and O–H groups in total. The molecule has 0 aromatic heterocycles. The monoisotopic (exact) mass is 238 g/mol. The van der Waals surface area contributed by atoms with Crippen molar-refractivity contribution in [3.8, 4) is 11.5 Å². The Kier molecular flexibility index (Phi) is 5.29. The van der Waals surface area contributed by atoms with Crippen LogP contribution in [0.3, 0.4) is 0 Å². The summed E-state index contributed by atoms with van der Waals surface area (Å²) in [5.74, 6) is 1.14. The van der Waals surface area contributed by atoms with E-state index in [1.807, 2.05) is 6.92 Å². The SMILES string of the molecule is CCOc1cc(NC(=O)CCN)ccc1OC. The molecular weight excluding hydrogens is 220 g/mol. The molecule has 17 heavy (non-hydrogen) atoms. The molecule has 1 aromatic carbocycles. The fourth-order valence-corrected chi connectivity index (χ4v) is 1.38. The lowest BCUT2D eigenvalue weighted by molar-refractivity contribution is -0.116. The molecule has 0 fully saturated rings. The van der Waals surface area contributed by atoms with Crippen LogP contribution in [0.25, 0.3) is 0 Å². The quantitative estimate of drug-likeness (QED) is 0.785. The Labute approximate surface area is 101 Å². The van der Waals surface area contributed by atoms with Gasteiger partial charge in [-0.15, -0.1) is 0 Å². The van der Waals surface area contributed by atoms with Gasteiger partial charge in [-0.05, 0) is 19.1 Å². The van der Waals surface area contributed by atoms with Crippen LogP contribution in [0, 0.1) is 0 Å². The van der Waals surface area contributed by atoms with E-state index < -0.39 is 0 Å². The Balaban J connectivity index is 2.80. The first kappa shape index (κ1) is 13.3. The van der Waals surface area contributed by atoms with E-state index in [4.69, 9.17) is 15.2 Å². The molecule has 0 heterocycles. The number of rotatable bonds is 6. The number of hydrogen-bond donors (Lipinski definition) is 2. The Hall–Kier alpha value is -1.75. The van der Waals surface area contributed by atoms with Crippen LogP contribution in [0.4, 0.5) is 5.69 Å². The molecule has 0 aliphatic carbocycles. The van der Waals surface area contributed by atoms with Crippen molar-refractivity contribution in [3.05, 3.63) is 18.2 Å². The van der Waals surface area contributed by atoms with Gasteiger partial charge in [-0.2, -0.15) is 0 Å². The molecule has 94 valence electrons. The highest BCUT2D eigenvalue weighted by molar-refractivity contribution is 5.91. The minimum Gasteiger partial charge on any atom is -0.493 e. The van der Waals surface area contributed by atoms with Gasteiger partial charge in [0.05, 0.1) is 13.7 Å². The topological polar surface area (TPSA) is 73.6 Å². The molecule has 1 aromatic rings. The second-order valence-electron chi connectivity index (χ2n) is 3.39. The molecule has 1 rings (SSSR count). The molecular formula is C12H18N2O3. The smallest absolute Gasteiger partial charge is 0.225 e. The molecule has 0 atom stereocenters. The highest BCUT2D eigenvalue weighted by atomic mass is 16.5. The molecule has 0 unspecified atom stereocenters. The first-order chi connectivity index (χ1) is 8.21. The number of hydrogen-bond acceptors (Lipinski definition) is 4. The third kappa shape index (κ3) is 3.96. The summed E-state index contributed by atoms with van der Waals surface area (Å²) in [4.78, 5) is 11.4. The predicted molar refractivity (Wildman–Crippen MR) is 66.5 cm³/mol. The van der Waals surface area contributed by atoms with E-state index in [1.165, 1.54) is 0 Å². The molecule has 0 aliphatic heterocycles. The number of carbonyl (C=O) groups is 1. The van der Waals surface area contributed by atoms with E-state index in [0.717, 1.165) is 0 Å². The molecule has 5 heteroatoms. The summed E-state index contributed by atoms with van der Waals surface area (Å²) in [5.41, 5.74) is 5.97. The summed E-state index contributed by atoms with van der Waals surface area (Å²) in [5, 5.41) is 2.74. The fraction of sp³-hybridized carbons (Fsp3) is 0.417. The maximum Gasteiger partial charge on any atom is 0.225 e. The fourth-order valence-electron chi connectivity index (χ4n) is 1.38. The highest BCUT2D eigenvalue weighted by Gasteiger charge is 2.07. The van der Waals surface area contributed by atoms with Gasteiger partial charge >= 0.3 is 0 Å². The van der Waals surface area contributed by atoms with Crippen molar-refractivity contribution in [2.24, 2.45) is 5.73 Å². The van der Waals surface area contributed by atoms with Crippen LogP contribution in [-0.4, -0.2) is 26.2 Å². The number of amides is 1. The molecule has 0 radical (unpaired) electrons. The van der Waals surface area contributed by atoms with E-state index in [1.54, 1.807) is 25.3 Å². The van der Waals surface area contributed by atoms with E-state index in [9.17, 15) is 4.79 Å². The number of carbonyl (C=O) groups excluding carboxylic acids is 1. The van der Waals surface area contributed by atoms with Crippen LogP contribution in [0.2, 0.25) is 0 Å². The van der Waals surface area contributed by atoms with Gasteiger partial charge in [0, 0.05) is 24.7 Å². The third-order valence-electron chi connectivity index (χ3n) is 2.12. The minimum atomic E-state index is -0.111. The standard InChI is InChI=1S/C12H18N2O3/c1-3-17-11-8-9(4-5-10(11)16-2)14-12(15)6-7-13/h4-5,8H,3,6-7,13H2,1-2H3,(H,14,15). The Morgan fingerprint density at radius 2 is 2.18 bits per heavy atom. The van der Waals surface area contributed by atoms with Crippen molar-refractivity contribution >= 4 is 11.6 Å². The first-order valence-electron chi connectivity index (χ1n) is 5.52. The van der Waals surface area contributed by atoms with Crippen LogP contribution in [0.1, 0.15) is 13.3 Å². The van der Waals surface area contributed by atoms with Crippen molar-refractivity contribution in [1.82, 2.24) is 0 Å². The predicted octanol–water partition coefficient (Wildman–Crippen LogP) is 1.38. The molecule has 0 saturated heterocycles. The Bertz CT molecular complexity index is 380. The second kappa shape index (κ2) is 6.75. The summed E-state index contributed by atoms with van der Waals surface area (Å²) >= 11 is 0. The number of nitrogens with two attached hydrogens (primary N) is 1. The lowest BCUT2D eigenvalue weighted by Crippen LogP contribution is -2.16. The molecule has 0 aliphatic rings. The van der Waals surface area contributed by atoms with Gasteiger partial charge in [-0.1, -0.05) is 0 Å². The van der Waals surface area contributed by atoms with Gasteiger partial charge < -0.3 is 20.5 Å². The van der Waals surface area contributed by atoms with E-state index in [-0.39, 0.29) is 5.91 Å². The van der Waals surface area contributed by atoms with Crippen molar-refractivity contribution < 1.29 is 14.3 Å². The van der Waals surface area contributed by atoms with E-state index in [0.29, 0.717) is 36.8 Å². The van der Waals surface area contributed by atoms with Crippen molar-refractivity contribution in [2.75, 3.05) is 25.6 Å². The second-order valence-corrected chi connectivity index (χ2v) is 3.39. The largest absolute Gasteiger partial charge is 0.493 e. The molecule has 1 amide bonds. The zero-order chi connectivity index (χ0) is 12.7. The number of benzene rings is 1. The van der Waals surface area contributed by atoms with Crippen molar-refractivity contribution in [3.63, 3.8) is 0 Å². The highest BCUT2D eigenvalue weighted by Crippen LogP contribution is 2.30. The lowest BCUT2D eigenvalue weighted by atomic mass is 10.2. The van der Waals surface area contributed by atoms with Gasteiger partial charge in [0.15, 0.2) is 11.5 Å². The maximum atomic E-state index is 11.4. The third-order valence-corrected chi connectivity index (χ3v) is 2.12. The average molecular weight is 238 g/mol. The van der Waals surface area contributed by atoms with Crippen LogP contribution < -0.4 is 20.5 Å². The molecule has 0 saturated carbocycles. The summed E-state index contributed by atoms with van der Waals surface area (Å²) in [6.07, 6.45) is 0.302. The zero-order valence-electron chi connectivity index (χ0n) is 10.2. The molecule has 0 spiro atoms. The van der Waals surface area contributed by atoms with Gasteiger partial charge in [-0.25, -0.2) is 0 Å². The van der Waals surface area contributed by atoms with Crippen molar-refractivity contribution in [1.29, 1.82) is 0 Å². The number of anilines is 1. The molecule has 5 nitrogen and oxygen atoms in total. The van der Waals surface area contributed by atoms with Gasteiger partial charge in [0.25, 0.3) is 0 Å². The zero-order valence-corrected chi connectivity index (χ0v) is 10.2. The van der Waals surface area contributed by atoms with Gasteiger partial charge in [-0.3, -0.25) is 4.79 Å². The number of ether oxygens (including phenoxy) is 2. The average Bonchev–Trinajstić information content (AvgIpc) is 2.30. The first-order valence-corrected chi connectivity index (χ1v) is 5.52. The summed E-state index contributed by atoms with van der Waals surface area (Å²) < 4.78 is 10.6. The van der Waals surface area contributed by atoms with E-state index in [2.05, 4.69) is 5.32 Å². The minimum absolute atomic E-state index is 0.111. The Morgan fingerprint density at radius 1 is 1.41 bits per heavy atom. The van der Waals surface area contributed by atoms with Crippen LogP contribution in [0.15, 0.2) is 18.2 Å². The van der Waals surface area contributed by atoms with Gasteiger partial charge in [0.2, 0.25) is 5.91 Å². The van der Waals surface area contributed by atoms with Crippen LogP contribution in [-0.2, 0) is 4.79 Å². The maximum absolute atomic E-state index is 11.4. The number of nitrogens with one attached hydrogen (secondary N) is 1. The van der Waals surface area contributed by atoms with Crippen molar-refractivity contribution in [2.45, 2.75) is 13.3 Å². The van der Waals surface area contributed by atoms with Crippen LogP contribution in [0.5, 0.6) is 11.5 Å². The van der Waals surface area contributed by atoms with E-state index >= 15 is 0 Å². The lowest BCUT2D eigenvalue weighted by Gasteiger charge is -2.11. The summed E-state index contributed by atoms with van der Waals surface area (Å²) in [6, 6.07) is 5.25. The summed E-state index contributed by atoms with van der Waals surface area (Å²) in [6.45, 7) is 2.76. The van der Waals surface area contributed by atoms with Crippen LogP contribution >= 0.6 is 0 Å². The summed E-state index contributed by atoms with van der Waals surface area (Å²) in [7, 11) is 1.57.